The predicted octanol–water partition coefficient (Wildman–Crippen LogP) is 1.18. The maximum atomic E-state index is 12.3. The predicted molar refractivity (Wildman–Crippen MR) is 69.3 cm³/mol. The highest BCUT2D eigenvalue weighted by Crippen LogP contribution is 2.30. The van der Waals surface area contributed by atoms with Gasteiger partial charge in [0.15, 0.2) is 0 Å². The van der Waals surface area contributed by atoms with E-state index in [2.05, 4.69) is 10.2 Å². The number of hydrogen-bond donors (Lipinski definition) is 0. The Labute approximate surface area is 115 Å². The molecule has 0 spiro atoms. The Morgan fingerprint density at radius 2 is 1.79 bits per heavy atom. The maximum Gasteiger partial charge on any atom is 0.244 e. The fourth-order valence-electron chi connectivity index (χ4n) is 1.97. The van der Waals surface area contributed by atoms with Crippen LogP contribution in [0, 0.1) is 0 Å². The van der Waals surface area contributed by atoms with Gasteiger partial charge in [-0.1, -0.05) is 23.7 Å². The first-order valence-corrected chi connectivity index (χ1v) is 7.51. The molecule has 1 aromatic carbocycles. The van der Waals surface area contributed by atoms with Gasteiger partial charge >= 0.3 is 0 Å². The summed E-state index contributed by atoms with van der Waals surface area (Å²) >= 11 is 5.93. The lowest BCUT2D eigenvalue weighted by atomic mass is 10.2. The van der Waals surface area contributed by atoms with Gasteiger partial charge in [0.2, 0.25) is 10.0 Å². The monoisotopic (exact) mass is 298 g/mol. The summed E-state index contributed by atoms with van der Waals surface area (Å²) in [6, 6.07) is 6.43. The molecular weight excluding hydrogens is 288 g/mol. The molecule has 0 aliphatic carbocycles. The number of rotatable bonds is 3. The fraction of sp³-hybridized carbons (Fsp3) is 0.273. The summed E-state index contributed by atoms with van der Waals surface area (Å²) < 4.78 is 26.1. The molecule has 0 amide bonds. The maximum absolute atomic E-state index is 12.3. The highest BCUT2D eigenvalue weighted by Gasteiger charge is 2.39. The van der Waals surface area contributed by atoms with E-state index in [-0.39, 0.29) is 16.0 Å². The van der Waals surface area contributed by atoms with Crippen molar-refractivity contribution in [1.29, 1.82) is 0 Å². The third-order valence-corrected chi connectivity index (χ3v) is 5.38. The number of sulfonamides is 1. The van der Waals surface area contributed by atoms with Crippen LogP contribution in [0.4, 0.5) is 0 Å². The van der Waals surface area contributed by atoms with Gasteiger partial charge in [0.1, 0.15) is 4.90 Å². The standard InChI is InChI=1S/C11H11ClN4O2S/c12-10-3-1-2-4-11(10)19(17,18)15-7-9(8-15)16-13-5-6-14-16/h1-6,9H,7-8H2. The first kappa shape index (κ1) is 12.6. The Kier molecular flexibility index (Phi) is 3.04. The highest BCUT2D eigenvalue weighted by atomic mass is 35.5. The molecule has 1 saturated heterocycles. The van der Waals surface area contributed by atoms with Gasteiger partial charge in [0.05, 0.1) is 23.5 Å². The lowest BCUT2D eigenvalue weighted by Gasteiger charge is -2.37. The van der Waals surface area contributed by atoms with Gasteiger partial charge in [-0.15, -0.1) is 0 Å². The van der Waals surface area contributed by atoms with Gasteiger partial charge < -0.3 is 0 Å². The first-order chi connectivity index (χ1) is 9.09. The van der Waals surface area contributed by atoms with E-state index < -0.39 is 10.0 Å². The molecule has 0 N–H and O–H groups in total. The van der Waals surface area contributed by atoms with Crippen molar-refractivity contribution in [3.05, 3.63) is 41.7 Å². The lowest BCUT2D eigenvalue weighted by molar-refractivity contribution is 0.175. The average Bonchev–Trinajstić information content (AvgIpc) is 2.80. The zero-order valence-corrected chi connectivity index (χ0v) is 11.4. The summed E-state index contributed by atoms with van der Waals surface area (Å²) in [4.78, 5) is 1.67. The number of hydrogen-bond acceptors (Lipinski definition) is 4. The van der Waals surface area contributed by atoms with E-state index in [0.717, 1.165) is 0 Å². The quantitative estimate of drug-likeness (QED) is 0.853. The summed E-state index contributed by atoms with van der Waals surface area (Å²) in [5.41, 5.74) is 0. The van der Waals surface area contributed by atoms with Crippen molar-refractivity contribution in [3.63, 3.8) is 0 Å². The summed E-state index contributed by atoms with van der Waals surface area (Å²) in [7, 11) is -3.52. The van der Waals surface area contributed by atoms with Gasteiger partial charge in [-0.2, -0.15) is 19.3 Å². The van der Waals surface area contributed by atoms with E-state index >= 15 is 0 Å². The molecule has 6 nitrogen and oxygen atoms in total. The molecule has 2 aromatic rings. The highest BCUT2D eigenvalue weighted by molar-refractivity contribution is 7.89. The zero-order valence-electron chi connectivity index (χ0n) is 9.85. The average molecular weight is 299 g/mol. The van der Waals surface area contributed by atoms with Crippen molar-refractivity contribution in [3.8, 4) is 0 Å². The van der Waals surface area contributed by atoms with Gasteiger partial charge in [-0.05, 0) is 12.1 Å². The Balaban J connectivity index is 1.80. The fourth-order valence-corrected chi connectivity index (χ4v) is 3.97. The Bertz CT molecular complexity index is 680. The molecule has 0 saturated carbocycles. The van der Waals surface area contributed by atoms with Crippen molar-refractivity contribution in [2.24, 2.45) is 0 Å². The zero-order chi connectivity index (χ0) is 13.5. The number of halogens is 1. The molecule has 0 atom stereocenters. The molecule has 100 valence electrons. The molecule has 1 fully saturated rings. The van der Waals surface area contributed by atoms with Gasteiger partial charge in [-0.3, -0.25) is 0 Å². The van der Waals surface area contributed by atoms with Gasteiger partial charge in [0.25, 0.3) is 0 Å². The topological polar surface area (TPSA) is 68.1 Å². The van der Waals surface area contributed by atoms with Crippen LogP contribution in [0.25, 0.3) is 0 Å². The second kappa shape index (κ2) is 4.59. The lowest BCUT2D eigenvalue weighted by Crippen LogP contribution is -2.51. The first-order valence-electron chi connectivity index (χ1n) is 5.69. The van der Waals surface area contributed by atoms with E-state index in [1.54, 1.807) is 30.6 Å². The molecule has 0 radical (unpaired) electrons. The molecule has 1 aliphatic heterocycles. The van der Waals surface area contributed by atoms with Gasteiger partial charge in [-0.25, -0.2) is 8.42 Å². The van der Waals surface area contributed by atoms with E-state index in [1.165, 1.54) is 15.2 Å². The SMILES string of the molecule is O=S(=O)(c1ccccc1Cl)N1CC(n2nccn2)C1. The van der Waals surface area contributed by atoms with Crippen LogP contribution in [0.5, 0.6) is 0 Å². The van der Waals surface area contributed by atoms with E-state index in [1.807, 2.05) is 0 Å². The molecule has 2 heterocycles. The molecule has 0 bridgehead atoms. The van der Waals surface area contributed by atoms with Crippen LogP contribution in [0.1, 0.15) is 6.04 Å². The Morgan fingerprint density at radius 1 is 1.16 bits per heavy atom. The number of aromatic nitrogens is 3. The molecule has 0 unspecified atom stereocenters. The second-order valence-corrected chi connectivity index (χ2v) is 6.57. The summed E-state index contributed by atoms with van der Waals surface area (Å²) in [5, 5.41) is 8.25. The Morgan fingerprint density at radius 3 is 2.42 bits per heavy atom. The summed E-state index contributed by atoms with van der Waals surface area (Å²) in [6.45, 7) is 0.727. The summed E-state index contributed by atoms with van der Waals surface area (Å²) in [6.07, 6.45) is 3.15. The molecule has 1 aliphatic rings. The molecule has 1 aromatic heterocycles. The van der Waals surface area contributed by atoms with Crippen molar-refractivity contribution in [2.75, 3.05) is 13.1 Å². The smallest absolute Gasteiger partial charge is 0.207 e. The molecule has 8 heteroatoms. The molecule has 3 rings (SSSR count). The molecule has 19 heavy (non-hydrogen) atoms. The minimum absolute atomic E-state index is 0.00716. The van der Waals surface area contributed by atoms with Crippen LogP contribution in [0.15, 0.2) is 41.6 Å². The number of benzene rings is 1. The van der Waals surface area contributed by atoms with Crippen LogP contribution >= 0.6 is 11.6 Å². The van der Waals surface area contributed by atoms with E-state index in [4.69, 9.17) is 11.6 Å². The van der Waals surface area contributed by atoms with Crippen molar-refractivity contribution < 1.29 is 8.42 Å². The van der Waals surface area contributed by atoms with Crippen LogP contribution in [0.3, 0.4) is 0 Å². The van der Waals surface area contributed by atoms with E-state index in [0.29, 0.717) is 13.1 Å². The minimum atomic E-state index is -3.52. The second-order valence-electron chi connectivity index (χ2n) is 4.26. The Hall–Kier alpha value is -1.44. The van der Waals surface area contributed by atoms with Gasteiger partial charge in [0, 0.05) is 13.1 Å². The largest absolute Gasteiger partial charge is 0.244 e. The summed E-state index contributed by atoms with van der Waals surface area (Å²) in [5.74, 6) is 0. The third kappa shape index (κ3) is 2.13. The van der Waals surface area contributed by atoms with Crippen LogP contribution in [0.2, 0.25) is 5.02 Å². The number of nitrogens with zero attached hydrogens (tertiary/aromatic N) is 4. The third-order valence-electron chi connectivity index (χ3n) is 3.05. The van der Waals surface area contributed by atoms with Crippen LogP contribution in [-0.2, 0) is 10.0 Å². The van der Waals surface area contributed by atoms with Crippen LogP contribution in [-0.4, -0.2) is 40.8 Å². The van der Waals surface area contributed by atoms with Crippen molar-refractivity contribution in [2.45, 2.75) is 10.9 Å². The van der Waals surface area contributed by atoms with Crippen molar-refractivity contribution >= 4 is 21.6 Å². The molecular formula is C11H11ClN4O2S. The van der Waals surface area contributed by atoms with Crippen molar-refractivity contribution in [1.82, 2.24) is 19.3 Å². The van der Waals surface area contributed by atoms with Crippen LogP contribution < -0.4 is 0 Å². The normalized spacial score (nSPS) is 17.3. The minimum Gasteiger partial charge on any atom is -0.207 e. The van der Waals surface area contributed by atoms with E-state index in [9.17, 15) is 8.42 Å².